The van der Waals surface area contributed by atoms with Crippen LogP contribution < -0.4 is 33.4 Å². The third-order valence-corrected chi connectivity index (χ3v) is 6.48. The lowest BCUT2D eigenvalue weighted by molar-refractivity contribution is -0.664. The summed E-state index contributed by atoms with van der Waals surface area (Å²) in [6, 6.07) is 17.1. The predicted octanol–water partition coefficient (Wildman–Crippen LogP) is 2.06. The van der Waals surface area contributed by atoms with E-state index in [1.165, 1.54) is 30.8 Å². The maximum Gasteiger partial charge on any atom is 0.281 e. The van der Waals surface area contributed by atoms with Gasteiger partial charge in [0.25, 0.3) is 5.01 Å². The lowest BCUT2D eigenvalue weighted by Crippen LogP contribution is -3.00. The molecule has 1 aliphatic heterocycles. The number of fused-ring (bicyclic) bond motifs is 2. The molecule has 0 N–H and O–H groups in total. The summed E-state index contributed by atoms with van der Waals surface area (Å²) >= 11 is 3.58. The number of nitrogens with zero attached hydrogens (tertiary/aromatic N) is 3. The molecule has 0 spiro atoms. The SMILES string of the molecule is CCN1C(=CN=Cc2sc3ccccc3[n+]2CC)Sc2ccccc21.[I-]. The van der Waals surface area contributed by atoms with Crippen LogP contribution in [0.25, 0.3) is 10.2 Å². The highest BCUT2D eigenvalue weighted by Gasteiger charge is 2.23. The Morgan fingerprint density at radius 1 is 1.08 bits per heavy atom. The molecular weight excluding hydrogens is 473 g/mol. The van der Waals surface area contributed by atoms with Crippen molar-refractivity contribution in [1.82, 2.24) is 0 Å². The monoisotopic (exact) mass is 493 g/mol. The van der Waals surface area contributed by atoms with Gasteiger partial charge >= 0.3 is 0 Å². The highest BCUT2D eigenvalue weighted by Crippen LogP contribution is 2.45. The number of aryl methyl sites for hydroxylation is 1. The number of hydrogen-bond acceptors (Lipinski definition) is 4. The number of halogens is 1. The lowest BCUT2D eigenvalue weighted by Gasteiger charge is -2.16. The fourth-order valence-electron chi connectivity index (χ4n) is 3.12. The molecule has 0 saturated carbocycles. The van der Waals surface area contributed by atoms with Crippen molar-refractivity contribution in [3.63, 3.8) is 0 Å². The van der Waals surface area contributed by atoms with Crippen LogP contribution in [0.2, 0.25) is 0 Å². The van der Waals surface area contributed by atoms with Gasteiger partial charge in [0, 0.05) is 17.5 Å². The second-order valence-corrected chi connectivity index (χ2v) is 7.84. The molecule has 0 unspecified atom stereocenters. The van der Waals surface area contributed by atoms with Crippen LogP contribution in [0, 0.1) is 0 Å². The Hall–Kier alpha value is -1.38. The zero-order valence-electron chi connectivity index (χ0n) is 14.7. The van der Waals surface area contributed by atoms with Crippen molar-refractivity contribution >= 4 is 45.2 Å². The van der Waals surface area contributed by atoms with E-state index in [1.807, 2.05) is 12.4 Å². The molecule has 6 heteroatoms. The Morgan fingerprint density at radius 2 is 1.85 bits per heavy atom. The fraction of sp³-hybridized carbons (Fsp3) is 0.200. The van der Waals surface area contributed by atoms with Crippen molar-refractivity contribution in [2.24, 2.45) is 4.99 Å². The molecule has 0 amide bonds. The molecule has 1 aromatic heterocycles. The Bertz CT molecular complexity index is 978. The van der Waals surface area contributed by atoms with E-state index in [9.17, 15) is 0 Å². The van der Waals surface area contributed by atoms with Gasteiger partial charge in [-0.1, -0.05) is 47.4 Å². The second kappa shape index (κ2) is 8.54. The van der Waals surface area contributed by atoms with Crippen LogP contribution >= 0.6 is 23.1 Å². The summed E-state index contributed by atoms with van der Waals surface area (Å²) in [6.45, 7) is 6.25. The number of rotatable bonds is 4. The quantitative estimate of drug-likeness (QED) is 0.315. The molecule has 2 aromatic carbocycles. The van der Waals surface area contributed by atoms with E-state index in [0.29, 0.717) is 0 Å². The van der Waals surface area contributed by atoms with Gasteiger partial charge in [-0.05, 0) is 32.0 Å². The van der Waals surface area contributed by atoms with Gasteiger partial charge in [-0.25, -0.2) is 0 Å². The van der Waals surface area contributed by atoms with Crippen molar-refractivity contribution in [2.75, 3.05) is 11.4 Å². The molecule has 3 aromatic rings. The van der Waals surface area contributed by atoms with Crippen LogP contribution in [0.4, 0.5) is 5.69 Å². The summed E-state index contributed by atoms with van der Waals surface area (Å²) in [5.41, 5.74) is 2.56. The van der Waals surface area contributed by atoms with Gasteiger partial charge in [-0.15, -0.1) is 0 Å². The zero-order valence-corrected chi connectivity index (χ0v) is 18.5. The second-order valence-electron chi connectivity index (χ2n) is 5.71. The minimum Gasteiger partial charge on any atom is -1.00 e. The topological polar surface area (TPSA) is 19.5 Å². The first-order valence-corrected chi connectivity index (χ1v) is 10.1. The summed E-state index contributed by atoms with van der Waals surface area (Å²) in [5, 5.41) is 2.37. The number of thioether (sulfide) groups is 1. The van der Waals surface area contributed by atoms with Gasteiger partial charge in [0.15, 0.2) is 0 Å². The minimum absolute atomic E-state index is 0. The van der Waals surface area contributed by atoms with Gasteiger partial charge in [-0.3, -0.25) is 4.99 Å². The fourth-order valence-corrected chi connectivity index (χ4v) is 5.33. The van der Waals surface area contributed by atoms with E-state index in [2.05, 4.69) is 76.8 Å². The summed E-state index contributed by atoms with van der Waals surface area (Å²) in [5.74, 6) is 0. The highest BCUT2D eigenvalue weighted by atomic mass is 127. The first kappa shape index (κ1) is 19.4. The summed E-state index contributed by atoms with van der Waals surface area (Å²) < 4.78 is 3.62. The maximum absolute atomic E-state index is 4.65. The van der Waals surface area contributed by atoms with Crippen molar-refractivity contribution in [3.8, 4) is 0 Å². The molecule has 3 nitrogen and oxygen atoms in total. The summed E-state index contributed by atoms with van der Waals surface area (Å²) in [7, 11) is 0. The standard InChI is InChI=1S/C20H20N3S2.HI/c1-3-22-15-9-5-7-11-17(15)24-19(22)13-21-14-20-23(4-2)16-10-6-8-12-18(16)25-20;/h5-14H,3-4H2,1-2H3;1H/q+1;/p-1. The van der Waals surface area contributed by atoms with Crippen LogP contribution in [0.1, 0.15) is 18.9 Å². The average molecular weight is 493 g/mol. The molecule has 0 radical (unpaired) electrons. The Balaban J connectivity index is 0.00000196. The lowest BCUT2D eigenvalue weighted by atomic mass is 10.3. The van der Waals surface area contributed by atoms with Crippen molar-refractivity contribution in [2.45, 2.75) is 25.3 Å². The third kappa shape index (κ3) is 3.54. The number of para-hydroxylation sites is 2. The molecule has 4 rings (SSSR count). The molecule has 0 bridgehead atoms. The van der Waals surface area contributed by atoms with Crippen molar-refractivity contribution in [3.05, 3.63) is 64.8 Å². The smallest absolute Gasteiger partial charge is 0.281 e. The van der Waals surface area contributed by atoms with E-state index in [-0.39, 0.29) is 24.0 Å². The minimum atomic E-state index is 0. The number of aromatic nitrogens is 1. The molecule has 0 atom stereocenters. The molecule has 0 saturated heterocycles. The largest absolute Gasteiger partial charge is 1.00 e. The molecule has 0 fully saturated rings. The van der Waals surface area contributed by atoms with E-state index in [0.717, 1.165) is 13.1 Å². The molecule has 1 aliphatic rings. The number of thiazole rings is 1. The number of aliphatic imine (C=N–C) groups is 1. The molecule has 134 valence electrons. The normalized spacial score (nSPS) is 15.0. The van der Waals surface area contributed by atoms with Crippen LogP contribution in [-0.4, -0.2) is 12.8 Å². The first-order chi connectivity index (χ1) is 12.3. The Morgan fingerprint density at radius 3 is 2.65 bits per heavy atom. The molecule has 26 heavy (non-hydrogen) atoms. The Kier molecular flexibility index (Phi) is 6.37. The van der Waals surface area contributed by atoms with E-state index >= 15 is 0 Å². The van der Waals surface area contributed by atoms with E-state index in [1.54, 1.807) is 23.1 Å². The van der Waals surface area contributed by atoms with Gasteiger partial charge in [-0.2, -0.15) is 4.57 Å². The third-order valence-electron chi connectivity index (χ3n) is 4.28. The Labute approximate surface area is 179 Å². The molecule has 0 aliphatic carbocycles. The highest BCUT2D eigenvalue weighted by molar-refractivity contribution is 8.03. The van der Waals surface area contributed by atoms with Crippen LogP contribution in [0.15, 0.2) is 69.6 Å². The van der Waals surface area contributed by atoms with Crippen LogP contribution in [0.5, 0.6) is 0 Å². The van der Waals surface area contributed by atoms with E-state index in [4.69, 9.17) is 0 Å². The first-order valence-electron chi connectivity index (χ1n) is 8.51. The van der Waals surface area contributed by atoms with Gasteiger partial charge in [0.05, 0.1) is 16.9 Å². The number of anilines is 1. The zero-order chi connectivity index (χ0) is 17.2. The van der Waals surface area contributed by atoms with Crippen molar-refractivity contribution < 1.29 is 28.5 Å². The van der Waals surface area contributed by atoms with Gasteiger partial charge in [0.2, 0.25) is 5.52 Å². The molecular formula is C20H20IN3S2. The van der Waals surface area contributed by atoms with Crippen LogP contribution in [-0.2, 0) is 6.54 Å². The molecule has 2 heterocycles. The van der Waals surface area contributed by atoms with Gasteiger partial charge in [0.1, 0.15) is 17.5 Å². The maximum atomic E-state index is 4.65. The average Bonchev–Trinajstić information content (AvgIpc) is 3.18. The van der Waals surface area contributed by atoms with Crippen LogP contribution in [0.3, 0.4) is 0 Å². The number of hydrogen-bond donors (Lipinski definition) is 0. The van der Waals surface area contributed by atoms with E-state index < -0.39 is 0 Å². The number of benzene rings is 2. The van der Waals surface area contributed by atoms with Gasteiger partial charge < -0.3 is 28.9 Å². The summed E-state index contributed by atoms with van der Waals surface area (Å²) in [4.78, 5) is 8.27. The van der Waals surface area contributed by atoms with Crippen molar-refractivity contribution in [1.29, 1.82) is 0 Å². The predicted molar refractivity (Wildman–Crippen MR) is 109 cm³/mol. The summed E-state index contributed by atoms with van der Waals surface area (Å²) in [6.07, 6.45) is 3.97.